The summed E-state index contributed by atoms with van der Waals surface area (Å²) in [4.78, 5) is 63.3. The van der Waals surface area contributed by atoms with Gasteiger partial charge in [-0.2, -0.15) is 0 Å². The van der Waals surface area contributed by atoms with Gasteiger partial charge < -0.3 is 21.1 Å². The average molecular weight is 578 g/mol. The summed E-state index contributed by atoms with van der Waals surface area (Å²) in [6.07, 6.45) is 6.44. The monoisotopic (exact) mass is 577 g/mol. The van der Waals surface area contributed by atoms with E-state index in [1.165, 1.54) is 42.1 Å². The summed E-state index contributed by atoms with van der Waals surface area (Å²) in [5.74, 6) is -3.94. The molecule has 0 aromatic heterocycles. The predicted octanol–water partition coefficient (Wildman–Crippen LogP) is 3.83. The molecule has 40 heavy (non-hydrogen) atoms. The minimum absolute atomic E-state index is 0.0161. The van der Waals surface area contributed by atoms with Gasteiger partial charge in [0.25, 0.3) is 5.24 Å². The second-order valence-corrected chi connectivity index (χ2v) is 11.5. The molecule has 0 spiro atoms. The Balaban J connectivity index is 2.28. The van der Waals surface area contributed by atoms with E-state index in [1.54, 1.807) is 20.8 Å². The summed E-state index contributed by atoms with van der Waals surface area (Å²) in [6.45, 7) is 5.37. The van der Waals surface area contributed by atoms with Gasteiger partial charge in [-0.1, -0.05) is 56.7 Å². The van der Waals surface area contributed by atoms with E-state index in [1.807, 2.05) is 0 Å². The molecule has 3 atom stereocenters. The van der Waals surface area contributed by atoms with Crippen LogP contribution in [-0.2, 0) is 30.3 Å². The number of nitrogens with one attached hydrogen (secondary N) is 2. The first-order valence-electron chi connectivity index (χ1n) is 13.7. The third-order valence-electron chi connectivity index (χ3n) is 6.63. The summed E-state index contributed by atoms with van der Waals surface area (Å²) < 4.78 is 18.4. The van der Waals surface area contributed by atoms with Gasteiger partial charge in [0.15, 0.2) is 5.78 Å². The van der Waals surface area contributed by atoms with Gasteiger partial charge in [-0.15, -0.1) is 0 Å². The topological polar surface area (TPSA) is 145 Å². The van der Waals surface area contributed by atoms with Gasteiger partial charge >= 0.3 is 5.97 Å². The standard InChI is InChI=1S/C29H40FN3O6S/c1-4-39-25(35)16-12-20(11-15-24(31)34)27(36)23(17-19-9-13-21(30)14-10-19)32-28(37)26(18(2)3)33-29(38)40-22-7-5-6-8-22/h9-10,12-14,16,18,20,22-23,26H,4-8,11,15,17H2,1-3H3,(H2,31,34)(H,32,37)(H,33,38)/b16-12+/t20-,23-,26-/m0/s1. The summed E-state index contributed by atoms with van der Waals surface area (Å²) in [5, 5.41) is 5.50. The van der Waals surface area contributed by atoms with Gasteiger partial charge in [0.05, 0.1) is 12.6 Å². The number of benzene rings is 1. The van der Waals surface area contributed by atoms with Crippen LogP contribution >= 0.6 is 11.8 Å². The van der Waals surface area contributed by atoms with E-state index in [2.05, 4.69) is 10.6 Å². The lowest BCUT2D eigenvalue weighted by Crippen LogP contribution is -2.54. The zero-order valence-electron chi connectivity index (χ0n) is 23.3. The SMILES string of the molecule is CCOC(=O)/C=C/[C@H](CCC(N)=O)C(=O)[C@H](Cc1ccc(F)cc1)NC(=O)[C@@H](NC(=O)SC1CCCC1)C(C)C. The number of thioether (sulfide) groups is 1. The van der Waals surface area contributed by atoms with Crippen molar-refractivity contribution in [2.24, 2.45) is 17.6 Å². The fourth-order valence-corrected chi connectivity index (χ4v) is 5.54. The second-order valence-electron chi connectivity index (χ2n) is 10.2. The minimum atomic E-state index is -1.09. The summed E-state index contributed by atoms with van der Waals surface area (Å²) >= 11 is 1.20. The number of Topliss-reactive ketones (excluding diaryl/α,β-unsaturated/α-hetero) is 1. The summed E-state index contributed by atoms with van der Waals surface area (Å²) in [5.41, 5.74) is 5.89. The number of ketones is 1. The molecular weight excluding hydrogens is 537 g/mol. The van der Waals surface area contributed by atoms with Crippen molar-refractivity contribution in [2.45, 2.75) is 83.1 Å². The van der Waals surface area contributed by atoms with Crippen molar-refractivity contribution in [2.75, 3.05) is 6.61 Å². The van der Waals surface area contributed by atoms with Crippen LogP contribution in [-0.4, -0.2) is 52.7 Å². The largest absolute Gasteiger partial charge is 0.463 e. The third kappa shape index (κ3) is 11.5. The van der Waals surface area contributed by atoms with Crippen LogP contribution in [0.4, 0.5) is 9.18 Å². The van der Waals surface area contributed by atoms with Crippen LogP contribution in [0.1, 0.15) is 64.9 Å². The molecule has 0 saturated heterocycles. The van der Waals surface area contributed by atoms with E-state index in [0.717, 1.165) is 31.8 Å². The first-order valence-corrected chi connectivity index (χ1v) is 14.6. The highest BCUT2D eigenvalue weighted by atomic mass is 32.2. The maximum atomic E-state index is 13.7. The summed E-state index contributed by atoms with van der Waals surface area (Å²) in [6, 6.07) is 3.53. The minimum Gasteiger partial charge on any atom is -0.463 e. The van der Waals surface area contributed by atoms with E-state index in [0.29, 0.717) is 5.56 Å². The second kappa shape index (κ2) is 16.8. The van der Waals surface area contributed by atoms with Gasteiger partial charge in [-0.25, -0.2) is 9.18 Å². The molecule has 11 heteroatoms. The van der Waals surface area contributed by atoms with Crippen LogP contribution in [0.25, 0.3) is 0 Å². The Labute approximate surface area is 239 Å². The number of allylic oxidation sites excluding steroid dienone is 1. The van der Waals surface area contributed by atoms with Crippen molar-refractivity contribution < 1.29 is 33.1 Å². The van der Waals surface area contributed by atoms with Crippen molar-refractivity contribution in [3.8, 4) is 0 Å². The molecule has 0 unspecified atom stereocenters. The zero-order chi connectivity index (χ0) is 29.7. The number of hydrogen-bond acceptors (Lipinski definition) is 7. The maximum Gasteiger partial charge on any atom is 0.330 e. The average Bonchev–Trinajstić information content (AvgIpc) is 3.40. The normalized spacial score (nSPS) is 15.9. The molecule has 0 heterocycles. The third-order valence-corrected chi connectivity index (χ3v) is 7.77. The van der Waals surface area contributed by atoms with Crippen LogP contribution in [0, 0.1) is 17.7 Å². The number of ether oxygens (including phenoxy) is 1. The number of rotatable bonds is 15. The highest BCUT2D eigenvalue weighted by Crippen LogP contribution is 2.30. The molecule has 1 aliphatic rings. The molecular formula is C29H40FN3O6S. The molecule has 1 aromatic rings. The molecule has 220 valence electrons. The Kier molecular flexibility index (Phi) is 13.9. The fraction of sp³-hybridized carbons (Fsp3) is 0.552. The highest BCUT2D eigenvalue weighted by Gasteiger charge is 2.32. The Morgan fingerprint density at radius 2 is 1.75 bits per heavy atom. The number of amides is 3. The first-order chi connectivity index (χ1) is 19.0. The van der Waals surface area contributed by atoms with E-state index in [-0.39, 0.29) is 42.3 Å². The van der Waals surface area contributed by atoms with Crippen molar-refractivity contribution in [3.63, 3.8) is 0 Å². The lowest BCUT2D eigenvalue weighted by atomic mass is 9.89. The maximum absolute atomic E-state index is 13.7. The quantitative estimate of drug-likeness (QED) is 0.212. The lowest BCUT2D eigenvalue weighted by Gasteiger charge is -2.27. The molecule has 0 aliphatic heterocycles. The highest BCUT2D eigenvalue weighted by molar-refractivity contribution is 8.14. The Hall–Kier alpha value is -3.21. The van der Waals surface area contributed by atoms with Gasteiger partial charge in [0, 0.05) is 23.7 Å². The molecule has 4 N–H and O–H groups in total. The molecule has 1 aromatic carbocycles. The van der Waals surface area contributed by atoms with Crippen molar-refractivity contribution in [1.29, 1.82) is 0 Å². The number of esters is 1. The van der Waals surface area contributed by atoms with E-state index in [9.17, 15) is 28.4 Å². The molecule has 2 rings (SSSR count). The molecule has 1 aliphatic carbocycles. The van der Waals surface area contributed by atoms with Crippen molar-refractivity contribution in [3.05, 3.63) is 47.8 Å². The van der Waals surface area contributed by atoms with Crippen LogP contribution in [0.2, 0.25) is 0 Å². The van der Waals surface area contributed by atoms with Crippen molar-refractivity contribution in [1.82, 2.24) is 10.6 Å². The number of primary amides is 1. The number of carbonyl (C=O) groups excluding carboxylic acids is 5. The van der Waals surface area contributed by atoms with Gasteiger partial charge in [-0.05, 0) is 56.2 Å². The Morgan fingerprint density at radius 1 is 1.10 bits per heavy atom. The van der Waals surface area contributed by atoms with Gasteiger partial charge in [0.1, 0.15) is 11.9 Å². The molecule has 0 radical (unpaired) electrons. The summed E-state index contributed by atoms with van der Waals surface area (Å²) in [7, 11) is 0. The van der Waals surface area contributed by atoms with Crippen LogP contribution in [0.3, 0.4) is 0 Å². The molecule has 1 saturated carbocycles. The van der Waals surface area contributed by atoms with Crippen LogP contribution in [0.15, 0.2) is 36.4 Å². The fourth-order valence-electron chi connectivity index (χ4n) is 4.47. The van der Waals surface area contributed by atoms with E-state index >= 15 is 0 Å². The Morgan fingerprint density at radius 3 is 2.33 bits per heavy atom. The molecule has 0 bridgehead atoms. The smallest absolute Gasteiger partial charge is 0.330 e. The number of halogens is 1. The van der Waals surface area contributed by atoms with E-state index < -0.39 is 47.4 Å². The van der Waals surface area contributed by atoms with Crippen LogP contribution < -0.4 is 16.4 Å². The lowest BCUT2D eigenvalue weighted by molar-refractivity contribution is -0.137. The first kappa shape index (κ1) is 33.0. The van der Waals surface area contributed by atoms with Crippen molar-refractivity contribution >= 4 is 40.6 Å². The molecule has 3 amide bonds. The van der Waals surface area contributed by atoms with Gasteiger partial charge in [0.2, 0.25) is 11.8 Å². The zero-order valence-corrected chi connectivity index (χ0v) is 24.1. The molecule has 9 nitrogen and oxygen atoms in total. The van der Waals surface area contributed by atoms with Crippen LogP contribution in [0.5, 0.6) is 0 Å². The van der Waals surface area contributed by atoms with Gasteiger partial charge in [-0.3, -0.25) is 19.2 Å². The number of nitrogens with two attached hydrogens (primary N) is 1. The molecule has 1 fully saturated rings. The number of hydrogen-bond donors (Lipinski definition) is 3. The predicted molar refractivity (Wildman–Crippen MR) is 152 cm³/mol. The Bertz CT molecular complexity index is 1060. The number of carbonyl (C=O) groups is 5. The van der Waals surface area contributed by atoms with E-state index in [4.69, 9.17) is 10.5 Å².